The summed E-state index contributed by atoms with van der Waals surface area (Å²) in [5, 5.41) is 6.33. The van der Waals surface area contributed by atoms with E-state index in [2.05, 4.69) is 27.5 Å². The van der Waals surface area contributed by atoms with Gasteiger partial charge in [0.05, 0.1) is 66.1 Å². The van der Waals surface area contributed by atoms with Gasteiger partial charge in [-0.05, 0) is 30.2 Å². The number of allylic oxidation sites excluding steroid dienone is 2. The third-order valence-corrected chi connectivity index (χ3v) is 5.05. The number of hydrogen-bond donors (Lipinski definition) is 1. The normalized spacial score (nSPS) is 21.7. The van der Waals surface area contributed by atoms with Crippen LogP contribution < -0.4 is 5.32 Å². The van der Waals surface area contributed by atoms with Gasteiger partial charge in [0.2, 0.25) is 5.91 Å². The largest absolute Gasteiger partial charge is 0.379 e. The summed E-state index contributed by atoms with van der Waals surface area (Å²) in [6.07, 6.45) is 6.56. The molecule has 0 radical (unpaired) electrons. The van der Waals surface area contributed by atoms with E-state index >= 15 is 0 Å². The second kappa shape index (κ2) is 16.1. The first-order valence-electron chi connectivity index (χ1n) is 10.7. The number of azide groups is 1. The summed E-state index contributed by atoms with van der Waals surface area (Å²) in [5.74, 6) is 1.36. The van der Waals surface area contributed by atoms with Crippen molar-refractivity contribution >= 4 is 5.91 Å². The fourth-order valence-corrected chi connectivity index (χ4v) is 3.59. The summed E-state index contributed by atoms with van der Waals surface area (Å²) >= 11 is 0. The third kappa shape index (κ3) is 10.4. The zero-order valence-electron chi connectivity index (χ0n) is 17.6. The van der Waals surface area contributed by atoms with E-state index in [0.717, 1.165) is 12.8 Å². The van der Waals surface area contributed by atoms with Gasteiger partial charge >= 0.3 is 0 Å². The molecule has 10 heteroatoms. The number of nitrogens with one attached hydrogen (secondary N) is 1. The zero-order chi connectivity index (χ0) is 21.3. The van der Waals surface area contributed by atoms with Crippen molar-refractivity contribution in [1.29, 1.82) is 0 Å². The van der Waals surface area contributed by atoms with E-state index in [0.29, 0.717) is 91.0 Å². The Morgan fingerprint density at radius 3 is 1.93 bits per heavy atom. The number of carbonyl (C=O) groups excluding carboxylic acids is 1. The molecular formula is C20H34N4O6. The molecule has 0 saturated heterocycles. The molecule has 3 atom stereocenters. The highest BCUT2D eigenvalue weighted by atomic mass is 16.6. The highest BCUT2D eigenvalue weighted by Crippen LogP contribution is 2.43. The maximum Gasteiger partial charge on any atom is 0.223 e. The van der Waals surface area contributed by atoms with Crippen LogP contribution in [0.25, 0.3) is 10.4 Å². The van der Waals surface area contributed by atoms with Crippen molar-refractivity contribution in [1.82, 2.24) is 5.32 Å². The van der Waals surface area contributed by atoms with Crippen LogP contribution in [0.3, 0.4) is 0 Å². The Balaban J connectivity index is 1.24. The molecule has 0 aromatic rings. The maximum absolute atomic E-state index is 12.1. The maximum atomic E-state index is 12.1. The fraction of sp³-hybridized carbons (Fsp3) is 0.850. The minimum atomic E-state index is 0.150. The van der Waals surface area contributed by atoms with Crippen molar-refractivity contribution in [3.8, 4) is 0 Å². The van der Waals surface area contributed by atoms with Gasteiger partial charge in [0.15, 0.2) is 0 Å². The molecule has 0 aliphatic heterocycles. The number of rotatable bonds is 19. The molecule has 2 bridgehead atoms. The van der Waals surface area contributed by atoms with Gasteiger partial charge in [0.25, 0.3) is 0 Å². The molecule has 10 nitrogen and oxygen atoms in total. The van der Waals surface area contributed by atoms with Crippen molar-refractivity contribution in [2.45, 2.75) is 12.8 Å². The summed E-state index contributed by atoms with van der Waals surface area (Å²) in [6, 6.07) is 0. The van der Waals surface area contributed by atoms with Gasteiger partial charge in [-0.25, -0.2) is 0 Å². The lowest BCUT2D eigenvalue weighted by molar-refractivity contribution is -0.126. The Labute approximate surface area is 177 Å². The van der Waals surface area contributed by atoms with E-state index in [4.69, 9.17) is 29.2 Å². The third-order valence-electron chi connectivity index (χ3n) is 5.05. The highest BCUT2D eigenvalue weighted by molar-refractivity contribution is 5.79. The van der Waals surface area contributed by atoms with Gasteiger partial charge in [-0.3, -0.25) is 4.79 Å². The number of nitrogens with zero attached hydrogens (tertiary/aromatic N) is 3. The molecule has 30 heavy (non-hydrogen) atoms. The lowest BCUT2D eigenvalue weighted by Gasteiger charge is -2.17. The minimum Gasteiger partial charge on any atom is -0.379 e. The van der Waals surface area contributed by atoms with E-state index in [1.807, 2.05) is 0 Å². The predicted octanol–water partition coefficient (Wildman–Crippen LogP) is 1.71. The quantitative estimate of drug-likeness (QED) is 0.110. The smallest absolute Gasteiger partial charge is 0.223 e. The molecule has 0 aromatic heterocycles. The van der Waals surface area contributed by atoms with Crippen LogP contribution in [-0.4, -0.2) is 85.1 Å². The molecule has 0 heterocycles. The van der Waals surface area contributed by atoms with E-state index in [1.54, 1.807) is 0 Å². The van der Waals surface area contributed by atoms with Crippen LogP contribution in [0.2, 0.25) is 0 Å². The van der Waals surface area contributed by atoms with Gasteiger partial charge in [0.1, 0.15) is 0 Å². The van der Waals surface area contributed by atoms with E-state index < -0.39 is 0 Å². The Morgan fingerprint density at radius 1 is 0.867 bits per heavy atom. The monoisotopic (exact) mass is 426 g/mol. The molecule has 1 N–H and O–H groups in total. The number of carbonyl (C=O) groups is 1. The Morgan fingerprint density at radius 2 is 1.43 bits per heavy atom. The minimum absolute atomic E-state index is 0.150. The molecule has 170 valence electrons. The van der Waals surface area contributed by atoms with Crippen LogP contribution in [0.4, 0.5) is 0 Å². The molecule has 2 aliphatic rings. The van der Waals surface area contributed by atoms with Crippen LogP contribution in [0.15, 0.2) is 17.3 Å². The van der Waals surface area contributed by atoms with E-state index in [9.17, 15) is 4.79 Å². The standard InChI is InChI=1S/C20H34N4O6/c21-24-23-4-6-27-8-10-29-12-14-30-13-11-28-9-7-26-5-3-22-20(25)19-16-17-1-2-18(19)15-17/h1-2,17-19H,3-16H2,(H,22,25). The van der Waals surface area contributed by atoms with E-state index in [-0.39, 0.29) is 11.8 Å². The van der Waals surface area contributed by atoms with Crippen LogP contribution in [0.1, 0.15) is 12.8 Å². The van der Waals surface area contributed by atoms with Crippen LogP contribution in [-0.2, 0) is 28.5 Å². The van der Waals surface area contributed by atoms with Crippen molar-refractivity contribution < 1.29 is 28.5 Å². The van der Waals surface area contributed by atoms with Crippen LogP contribution in [0.5, 0.6) is 0 Å². The van der Waals surface area contributed by atoms with Crippen LogP contribution >= 0.6 is 0 Å². The first kappa shape index (κ1) is 24.6. The average molecular weight is 427 g/mol. The first-order chi connectivity index (χ1) is 14.8. The van der Waals surface area contributed by atoms with Crippen molar-refractivity contribution in [3.63, 3.8) is 0 Å². The van der Waals surface area contributed by atoms with Gasteiger partial charge < -0.3 is 29.0 Å². The number of amides is 1. The second-order valence-electron chi connectivity index (χ2n) is 7.19. The molecule has 0 aromatic carbocycles. The van der Waals surface area contributed by atoms with Crippen LogP contribution in [0, 0.1) is 17.8 Å². The number of ether oxygens (including phenoxy) is 5. The van der Waals surface area contributed by atoms with Gasteiger partial charge in [-0.1, -0.05) is 17.3 Å². The Kier molecular flexibility index (Phi) is 13.2. The number of hydrogen-bond acceptors (Lipinski definition) is 7. The Bertz CT molecular complexity index is 555. The van der Waals surface area contributed by atoms with Gasteiger partial charge in [0, 0.05) is 23.9 Å². The zero-order valence-corrected chi connectivity index (χ0v) is 17.6. The lowest BCUT2D eigenvalue weighted by Crippen LogP contribution is -2.35. The molecule has 1 amide bonds. The summed E-state index contributed by atoms with van der Waals surface area (Å²) < 4.78 is 26.8. The molecule has 2 aliphatic carbocycles. The Hall–Kier alpha value is -1.68. The lowest BCUT2D eigenvalue weighted by atomic mass is 9.93. The second-order valence-corrected chi connectivity index (χ2v) is 7.19. The van der Waals surface area contributed by atoms with E-state index in [1.165, 1.54) is 0 Å². The number of fused-ring (bicyclic) bond motifs is 2. The van der Waals surface area contributed by atoms with Crippen molar-refractivity contribution in [2.75, 3.05) is 79.2 Å². The first-order valence-corrected chi connectivity index (χ1v) is 10.7. The topological polar surface area (TPSA) is 124 Å². The molecule has 3 unspecified atom stereocenters. The fourth-order valence-electron chi connectivity index (χ4n) is 3.59. The van der Waals surface area contributed by atoms with Crippen molar-refractivity contribution in [3.05, 3.63) is 22.6 Å². The molecule has 1 saturated carbocycles. The average Bonchev–Trinajstić information content (AvgIpc) is 3.39. The van der Waals surface area contributed by atoms with Gasteiger partial charge in [-0.15, -0.1) is 0 Å². The van der Waals surface area contributed by atoms with Gasteiger partial charge in [-0.2, -0.15) is 0 Å². The predicted molar refractivity (Wildman–Crippen MR) is 110 cm³/mol. The molecule has 1 fully saturated rings. The summed E-state index contributed by atoms with van der Waals surface area (Å²) in [6.45, 7) is 5.70. The summed E-state index contributed by atoms with van der Waals surface area (Å²) in [4.78, 5) is 14.8. The summed E-state index contributed by atoms with van der Waals surface area (Å²) in [7, 11) is 0. The van der Waals surface area contributed by atoms with Crippen molar-refractivity contribution in [2.24, 2.45) is 22.9 Å². The molecule has 2 rings (SSSR count). The molecule has 0 spiro atoms. The SMILES string of the molecule is [N-]=[N+]=NCCOCCOCCOCCOCCOCCNC(=O)C1CC2C=CC1C2. The highest BCUT2D eigenvalue weighted by Gasteiger charge is 2.39. The summed E-state index contributed by atoms with van der Waals surface area (Å²) in [5.41, 5.74) is 8.10. The molecular weight excluding hydrogens is 392 g/mol.